The van der Waals surface area contributed by atoms with E-state index in [1.807, 2.05) is 13.0 Å². The lowest BCUT2D eigenvalue weighted by Crippen LogP contribution is -2.50. The molecule has 0 unspecified atom stereocenters. The number of nitrogens with one attached hydrogen (secondary N) is 1. The summed E-state index contributed by atoms with van der Waals surface area (Å²) in [5, 5.41) is 3.07. The SMILES string of the molecule is Cc1cc(C(N)=O)ccc1CNC(C)(C)C(N)=O. The lowest BCUT2D eigenvalue weighted by molar-refractivity contribution is -0.123. The molecule has 0 bridgehead atoms. The number of carbonyl (C=O) groups is 2. The van der Waals surface area contributed by atoms with E-state index in [1.54, 1.807) is 26.0 Å². The monoisotopic (exact) mass is 249 g/mol. The zero-order valence-corrected chi connectivity index (χ0v) is 10.9. The van der Waals surface area contributed by atoms with Crippen LogP contribution in [0.2, 0.25) is 0 Å². The van der Waals surface area contributed by atoms with Crippen molar-refractivity contribution < 1.29 is 9.59 Å². The highest BCUT2D eigenvalue weighted by molar-refractivity contribution is 5.93. The molecule has 0 radical (unpaired) electrons. The fourth-order valence-corrected chi connectivity index (χ4v) is 1.45. The number of hydrogen-bond acceptors (Lipinski definition) is 3. The topological polar surface area (TPSA) is 98.2 Å². The van der Waals surface area contributed by atoms with E-state index in [2.05, 4.69) is 5.32 Å². The van der Waals surface area contributed by atoms with Crippen molar-refractivity contribution in [1.82, 2.24) is 5.32 Å². The molecule has 0 fully saturated rings. The first-order valence-corrected chi connectivity index (χ1v) is 5.68. The van der Waals surface area contributed by atoms with Gasteiger partial charge in [-0.2, -0.15) is 0 Å². The Morgan fingerprint density at radius 3 is 2.33 bits per heavy atom. The average Bonchev–Trinajstić information content (AvgIpc) is 2.26. The van der Waals surface area contributed by atoms with Crippen molar-refractivity contribution in [2.24, 2.45) is 11.5 Å². The number of carbonyl (C=O) groups excluding carboxylic acids is 2. The second kappa shape index (κ2) is 5.18. The molecule has 0 aliphatic carbocycles. The van der Waals surface area contributed by atoms with Crippen LogP contribution in [-0.4, -0.2) is 17.4 Å². The minimum absolute atomic E-state index is 0.408. The molecule has 5 heteroatoms. The van der Waals surface area contributed by atoms with Crippen molar-refractivity contribution >= 4 is 11.8 Å². The molecule has 0 heterocycles. The summed E-state index contributed by atoms with van der Waals surface area (Å²) in [5.74, 6) is -0.857. The number of benzene rings is 1. The van der Waals surface area contributed by atoms with Crippen LogP contribution in [0.15, 0.2) is 18.2 Å². The van der Waals surface area contributed by atoms with Crippen molar-refractivity contribution in [3.63, 3.8) is 0 Å². The highest BCUT2D eigenvalue weighted by atomic mass is 16.1. The number of primary amides is 2. The molecule has 0 atom stereocenters. The van der Waals surface area contributed by atoms with Gasteiger partial charge >= 0.3 is 0 Å². The predicted molar refractivity (Wildman–Crippen MR) is 69.8 cm³/mol. The van der Waals surface area contributed by atoms with Gasteiger partial charge in [0.15, 0.2) is 0 Å². The Bertz CT molecular complexity index is 481. The zero-order chi connectivity index (χ0) is 13.9. The molecule has 0 spiro atoms. The van der Waals surface area contributed by atoms with Gasteiger partial charge in [-0.3, -0.25) is 14.9 Å². The fourth-order valence-electron chi connectivity index (χ4n) is 1.45. The van der Waals surface area contributed by atoms with Gasteiger partial charge in [-0.25, -0.2) is 0 Å². The largest absolute Gasteiger partial charge is 0.368 e. The van der Waals surface area contributed by atoms with E-state index < -0.39 is 17.4 Å². The Labute approximate surface area is 107 Å². The first-order valence-electron chi connectivity index (χ1n) is 5.68. The Hall–Kier alpha value is -1.88. The van der Waals surface area contributed by atoms with Crippen LogP contribution in [0.3, 0.4) is 0 Å². The maximum Gasteiger partial charge on any atom is 0.248 e. The maximum absolute atomic E-state index is 11.2. The van der Waals surface area contributed by atoms with Gasteiger partial charge in [0.25, 0.3) is 0 Å². The zero-order valence-electron chi connectivity index (χ0n) is 10.9. The van der Waals surface area contributed by atoms with Crippen molar-refractivity contribution in [1.29, 1.82) is 0 Å². The lowest BCUT2D eigenvalue weighted by Gasteiger charge is -2.23. The molecule has 0 saturated carbocycles. The molecule has 1 rings (SSSR count). The standard InChI is InChI=1S/C13H19N3O2/c1-8-6-9(11(14)17)4-5-10(8)7-16-13(2,3)12(15)18/h4-6,16H,7H2,1-3H3,(H2,14,17)(H2,15,18). The normalized spacial score (nSPS) is 11.3. The minimum Gasteiger partial charge on any atom is -0.368 e. The highest BCUT2D eigenvalue weighted by Crippen LogP contribution is 2.12. The van der Waals surface area contributed by atoms with Gasteiger partial charge in [-0.15, -0.1) is 0 Å². The van der Waals surface area contributed by atoms with Gasteiger partial charge in [0.05, 0.1) is 5.54 Å². The van der Waals surface area contributed by atoms with E-state index in [9.17, 15) is 9.59 Å². The van der Waals surface area contributed by atoms with Gasteiger partial charge in [-0.05, 0) is 44.0 Å². The summed E-state index contributed by atoms with van der Waals surface area (Å²) in [7, 11) is 0. The molecule has 18 heavy (non-hydrogen) atoms. The maximum atomic E-state index is 11.2. The smallest absolute Gasteiger partial charge is 0.248 e. The van der Waals surface area contributed by atoms with E-state index in [0.29, 0.717) is 12.1 Å². The lowest BCUT2D eigenvalue weighted by atomic mass is 10.0. The summed E-state index contributed by atoms with van der Waals surface area (Å²) in [5.41, 5.74) is 12.1. The predicted octanol–water partition coefficient (Wildman–Crippen LogP) is 0.447. The molecule has 1 aromatic carbocycles. The third-order valence-corrected chi connectivity index (χ3v) is 2.96. The van der Waals surface area contributed by atoms with E-state index >= 15 is 0 Å². The van der Waals surface area contributed by atoms with Crippen LogP contribution in [0, 0.1) is 6.92 Å². The molecule has 2 amide bonds. The number of aryl methyl sites for hydroxylation is 1. The number of amides is 2. The molecule has 1 aromatic rings. The first kappa shape index (κ1) is 14.2. The van der Waals surface area contributed by atoms with Gasteiger partial charge < -0.3 is 11.5 Å². The summed E-state index contributed by atoms with van der Waals surface area (Å²) in [6.45, 7) is 5.84. The van der Waals surface area contributed by atoms with Crippen molar-refractivity contribution in [2.75, 3.05) is 0 Å². The summed E-state index contributed by atoms with van der Waals surface area (Å²) in [6, 6.07) is 5.22. The third kappa shape index (κ3) is 3.30. The van der Waals surface area contributed by atoms with Crippen LogP contribution in [0.5, 0.6) is 0 Å². The Morgan fingerprint density at radius 1 is 1.28 bits per heavy atom. The van der Waals surface area contributed by atoms with E-state index in [0.717, 1.165) is 11.1 Å². The molecule has 98 valence electrons. The molecular weight excluding hydrogens is 230 g/mol. The molecule has 5 nitrogen and oxygen atoms in total. The summed E-state index contributed by atoms with van der Waals surface area (Å²) in [6.07, 6.45) is 0. The number of nitrogens with two attached hydrogens (primary N) is 2. The molecular formula is C13H19N3O2. The number of hydrogen-bond donors (Lipinski definition) is 3. The summed E-state index contributed by atoms with van der Waals surface area (Å²) < 4.78 is 0. The van der Waals surface area contributed by atoms with Crippen LogP contribution < -0.4 is 16.8 Å². The van der Waals surface area contributed by atoms with Crippen LogP contribution >= 0.6 is 0 Å². The Balaban J connectivity index is 2.81. The van der Waals surface area contributed by atoms with Gasteiger partial charge in [0.1, 0.15) is 0 Å². The van der Waals surface area contributed by atoms with Crippen molar-refractivity contribution in [2.45, 2.75) is 32.9 Å². The minimum atomic E-state index is -0.769. The van der Waals surface area contributed by atoms with Gasteiger partial charge in [0.2, 0.25) is 11.8 Å². The Morgan fingerprint density at radius 2 is 1.89 bits per heavy atom. The van der Waals surface area contributed by atoms with E-state index in [4.69, 9.17) is 11.5 Å². The molecule has 0 aromatic heterocycles. The fraction of sp³-hybridized carbons (Fsp3) is 0.385. The highest BCUT2D eigenvalue weighted by Gasteiger charge is 2.23. The molecule has 5 N–H and O–H groups in total. The molecule has 0 aliphatic heterocycles. The third-order valence-electron chi connectivity index (χ3n) is 2.96. The van der Waals surface area contributed by atoms with Gasteiger partial charge in [0, 0.05) is 12.1 Å². The summed E-state index contributed by atoms with van der Waals surface area (Å²) in [4.78, 5) is 22.2. The summed E-state index contributed by atoms with van der Waals surface area (Å²) >= 11 is 0. The van der Waals surface area contributed by atoms with Crippen LogP contribution in [-0.2, 0) is 11.3 Å². The quantitative estimate of drug-likeness (QED) is 0.706. The number of rotatable bonds is 5. The van der Waals surface area contributed by atoms with Crippen molar-refractivity contribution in [3.8, 4) is 0 Å². The van der Waals surface area contributed by atoms with Gasteiger partial charge in [-0.1, -0.05) is 6.07 Å². The second-order valence-corrected chi connectivity index (χ2v) is 4.85. The van der Waals surface area contributed by atoms with Crippen LogP contribution in [0.4, 0.5) is 0 Å². The molecule has 0 saturated heterocycles. The van der Waals surface area contributed by atoms with Crippen molar-refractivity contribution in [3.05, 3.63) is 34.9 Å². The van der Waals surface area contributed by atoms with E-state index in [1.165, 1.54) is 0 Å². The molecule has 0 aliphatic rings. The van der Waals surface area contributed by atoms with Crippen LogP contribution in [0.25, 0.3) is 0 Å². The van der Waals surface area contributed by atoms with E-state index in [-0.39, 0.29) is 0 Å². The van der Waals surface area contributed by atoms with Crippen LogP contribution in [0.1, 0.15) is 35.3 Å². The Kier molecular flexibility index (Phi) is 4.08. The second-order valence-electron chi connectivity index (χ2n) is 4.85. The average molecular weight is 249 g/mol. The first-order chi connectivity index (χ1) is 8.24.